The fourth-order valence-electron chi connectivity index (χ4n) is 1.49. The maximum atomic E-state index is 5.70. The fourth-order valence-corrected chi connectivity index (χ4v) is 1.49. The minimum Gasteiger partial charge on any atom is -0.494 e. The molecule has 15 heavy (non-hydrogen) atoms. The SMILES string of the molecule is CCOc1ccc(C(C)OC(C)C)cc1. The quantitative estimate of drug-likeness (QED) is 0.736. The van der Waals surface area contributed by atoms with E-state index in [0.717, 1.165) is 5.75 Å². The van der Waals surface area contributed by atoms with Gasteiger partial charge >= 0.3 is 0 Å². The number of rotatable bonds is 5. The van der Waals surface area contributed by atoms with Crippen molar-refractivity contribution in [3.05, 3.63) is 29.8 Å². The molecule has 1 aromatic carbocycles. The minimum absolute atomic E-state index is 0.140. The van der Waals surface area contributed by atoms with Crippen molar-refractivity contribution >= 4 is 0 Å². The Labute approximate surface area is 92.2 Å². The molecule has 1 rings (SSSR count). The molecule has 0 saturated heterocycles. The van der Waals surface area contributed by atoms with Crippen molar-refractivity contribution in [1.82, 2.24) is 0 Å². The minimum atomic E-state index is 0.140. The highest BCUT2D eigenvalue weighted by atomic mass is 16.5. The Kier molecular flexibility index (Phi) is 4.63. The molecule has 0 heterocycles. The van der Waals surface area contributed by atoms with Gasteiger partial charge in [-0.25, -0.2) is 0 Å². The third kappa shape index (κ3) is 3.92. The topological polar surface area (TPSA) is 18.5 Å². The second kappa shape index (κ2) is 5.76. The summed E-state index contributed by atoms with van der Waals surface area (Å²) in [6, 6.07) is 8.08. The van der Waals surface area contributed by atoms with Crippen LogP contribution < -0.4 is 4.74 Å². The predicted octanol–water partition coefficient (Wildman–Crippen LogP) is 3.57. The van der Waals surface area contributed by atoms with Gasteiger partial charge in [-0.05, 0) is 45.4 Å². The molecule has 0 radical (unpaired) electrons. The third-order valence-corrected chi connectivity index (χ3v) is 2.14. The molecule has 0 aliphatic rings. The first-order valence-electron chi connectivity index (χ1n) is 5.51. The van der Waals surface area contributed by atoms with Crippen LogP contribution in [0.15, 0.2) is 24.3 Å². The number of hydrogen-bond acceptors (Lipinski definition) is 2. The summed E-state index contributed by atoms with van der Waals surface area (Å²) < 4.78 is 11.1. The summed E-state index contributed by atoms with van der Waals surface area (Å²) in [5.41, 5.74) is 1.19. The van der Waals surface area contributed by atoms with Crippen LogP contribution in [0, 0.1) is 0 Å². The zero-order valence-corrected chi connectivity index (χ0v) is 9.99. The van der Waals surface area contributed by atoms with Crippen LogP contribution in [0.5, 0.6) is 5.75 Å². The van der Waals surface area contributed by atoms with Gasteiger partial charge in [-0.2, -0.15) is 0 Å². The predicted molar refractivity (Wildman–Crippen MR) is 62.2 cm³/mol. The number of ether oxygens (including phenoxy) is 2. The van der Waals surface area contributed by atoms with Crippen molar-refractivity contribution in [2.24, 2.45) is 0 Å². The fraction of sp³-hybridized carbons (Fsp3) is 0.538. The van der Waals surface area contributed by atoms with Gasteiger partial charge in [-0.1, -0.05) is 12.1 Å². The van der Waals surface area contributed by atoms with Gasteiger partial charge in [0, 0.05) is 0 Å². The van der Waals surface area contributed by atoms with Gasteiger partial charge in [0.2, 0.25) is 0 Å². The van der Waals surface area contributed by atoms with E-state index in [4.69, 9.17) is 9.47 Å². The van der Waals surface area contributed by atoms with Gasteiger partial charge < -0.3 is 9.47 Å². The standard InChI is InChI=1S/C13H20O2/c1-5-14-13-8-6-12(7-9-13)11(4)15-10(2)3/h6-11H,5H2,1-4H3. The van der Waals surface area contributed by atoms with Crippen molar-refractivity contribution in [3.63, 3.8) is 0 Å². The lowest BCUT2D eigenvalue weighted by Gasteiger charge is -2.16. The molecule has 2 heteroatoms. The highest BCUT2D eigenvalue weighted by Gasteiger charge is 2.07. The van der Waals surface area contributed by atoms with E-state index in [1.807, 2.05) is 32.9 Å². The Morgan fingerprint density at radius 2 is 1.67 bits per heavy atom. The van der Waals surface area contributed by atoms with Crippen molar-refractivity contribution < 1.29 is 9.47 Å². The largest absolute Gasteiger partial charge is 0.494 e. The van der Waals surface area contributed by atoms with Crippen LogP contribution >= 0.6 is 0 Å². The van der Waals surface area contributed by atoms with Gasteiger partial charge in [0.25, 0.3) is 0 Å². The molecule has 0 saturated carbocycles. The van der Waals surface area contributed by atoms with E-state index in [9.17, 15) is 0 Å². The second-order valence-corrected chi connectivity index (χ2v) is 3.83. The molecular weight excluding hydrogens is 188 g/mol. The molecule has 0 bridgehead atoms. The van der Waals surface area contributed by atoms with Gasteiger partial charge in [0.15, 0.2) is 0 Å². The van der Waals surface area contributed by atoms with Gasteiger partial charge in [-0.3, -0.25) is 0 Å². The summed E-state index contributed by atoms with van der Waals surface area (Å²) in [6.07, 6.45) is 0.396. The molecular formula is C13H20O2. The Morgan fingerprint density at radius 1 is 1.07 bits per heavy atom. The lowest BCUT2D eigenvalue weighted by molar-refractivity contribution is 0.0178. The maximum Gasteiger partial charge on any atom is 0.119 e. The van der Waals surface area contributed by atoms with Crippen LogP contribution in [0.4, 0.5) is 0 Å². The Balaban J connectivity index is 2.62. The van der Waals surface area contributed by atoms with Crippen molar-refractivity contribution in [1.29, 1.82) is 0 Å². The van der Waals surface area contributed by atoms with Crippen molar-refractivity contribution in [3.8, 4) is 5.75 Å². The molecule has 0 aliphatic heterocycles. The molecule has 2 nitrogen and oxygen atoms in total. The molecule has 1 unspecified atom stereocenters. The van der Waals surface area contributed by atoms with Gasteiger partial charge in [0.05, 0.1) is 18.8 Å². The van der Waals surface area contributed by atoms with E-state index < -0.39 is 0 Å². The van der Waals surface area contributed by atoms with Crippen LogP contribution in [0.25, 0.3) is 0 Å². The first-order chi connectivity index (χ1) is 7.13. The monoisotopic (exact) mass is 208 g/mol. The summed E-state index contributed by atoms with van der Waals surface area (Å²) in [4.78, 5) is 0. The highest BCUT2D eigenvalue weighted by molar-refractivity contribution is 5.28. The van der Waals surface area contributed by atoms with Crippen LogP contribution in [0.3, 0.4) is 0 Å². The summed E-state index contributed by atoms with van der Waals surface area (Å²) in [6.45, 7) is 8.85. The maximum absolute atomic E-state index is 5.70. The Bertz CT molecular complexity index is 277. The molecule has 0 amide bonds. The molecule has 0 spiro atoms. The summed E-state index contributed by atoms with van der Waals surface area (Å²) in [7, 11) is 0. The summed E-state index contributed by atoms with van der Waals surface area (Å²) in [5.74, 6) is 0.915. The van der Waals surface area contributed by atoms with E-state index in [1.165, 1.54) is 5.56 Å². The molecule has 1 aromatic rings. The van der Waals surface area contributed by atoms with E-state index >= 15 is 0 Å². The van der Waals surface area contributed by atoms with E-state index in [1.54, 1.807) is 0 Å². The molecule has 0 fully saturated rings. The van der Waals surface area contributed by atoms with Crippen molar-refractivity contribution in [2.75, 3.05) is 6.61 Å². The smallest absolute Gasteiger partial charge is 0.119 e. The second-order valence-electron chi connectivity index (χ2n) is 3.83. The van der Waals surface area contributed by atoms with Crippen LogP contribution in [-0.4, -0.2) is 12.7 Å². The molecule has 0 N–H and O–H groups in total. The van der Waals surface area contributed by atoms with E-state index in [-0.39, 0.29) is 12.2 Å². The first kappa shape index (κ1) is 12.1. The Morgan fingerprint density at radius 3 is 2.13 bits per heavy atom. The number of hydrogen-bond donors (Lipinski definition) is 0. The lowest BCUT2D eigenvalue weighted by atomic mass is 10.1. The van der Waals surface area contributed by atoms with Gasteiger partial charge in [0.1, 0.15) is 5.75 Å². The molecule has 1 atom stereocenters. The average molecular weight is 208 g/mol. The van der Waals surface area contributed by atoms with Crippen molar-refractivity contribution in [2.45, 2.75) is 39.9 Å². The number of benzene rings is 1. The van der Waals surface area contributed by atoms with E-state index in [0.29, 0.717) is 6.61 Å². The van der Waals surface area contributed by atoms with Crippen LogP contribution in [-0.2, 0) is 4.74 Å². The summed E-state index contributed by atoms with van der Waals surface area (Å²) in [5, 5.41) is 0. The van der Waals surface area contributed by atoms with E-state index in [2.05, 4.69) is 19.1 Å². The highest BCUT2D eigenvalue weighted by Crippen LogP contribution is 2.21. The Hall–Kier alpha value is -1.02. The van der Waals surface area contributed by atoms with Crippen LogP contribution in [0.2, 0.25) is 0 Å². The molecule has 84 valence electrons. The zero-order valence-electron chi connectivity index (χ0n) is 9.99. The normalized spacial score (nSPS) is 12.9. The molecule has 0 aromatic heterocycles. The first-order valence-corrected chi connectivity index (χ1v) is 5.51. The lowest BCUT2D eigenvalue weighted by Crippen LogP contribution is -2.07. The summed E-state index contributed by atoms with van der Waals surface area (Å²) >= 11 is 0. The third-order valence-electron chi connectivity index (χ3n) is 2.14. The van der Waals surface area contributed by atoms with Crippen LogP contribution in [0.1, 0.15) is 39.4 Å². The average Bonchev–Trinajstić information content (AvgIpc) is 2.18. The van der Waals surface area contributed by atoms with Gasteiger partial charge in [-0.15, -0.1) is 0 Å². The zero-order chi connectivity index (χ0) is 11.3. The molecule has 0 aliphatic carbocycles.